The molecule has 3 aromatic rings. The Bertz CT molecular complexity index is 1170. The second-order valence-corrected chi connectivity index (χ2v) is 7.79. The van der Waals surface area contributed by atoms with Crippen molar-refractivity contribution in [2.75, 3.05) is 26.1 Å². The van der Waals surface area contributed by atoms with E-state index in [1.165, 1.54) is 0 Å². The van der Waals surface area contributed by atoms with Gasteiger partial charge in [0.15, 0.2) is 11.5 Å². The maximum absolute atomic E-state index is 13.4. The lowest BCUT2D eigenvalue weighted by Crippen LogP contribution is -2.29. The lowest BCUT2D eigenvalue weighted by atomic mass is 9.94. The van der Waals surface area contributed by atoms with Gasteiger partial charge in [0.1, 0.15) is 0 Å². The second kappa shape index (κ2) is 9.34. The summed E-state index contributed by atoms with van der Waals surface area (Å²) in [4.78, 5) is 18.1. The molecule has 0 fully saturated rings. The quantitative estimate of drug-likeness (QED) is 0.393. The summed E-state index contributed by atoms with van der Waals surface area (Å²) in [6, 6.07) is 13.1. The van der Waals surface area contributed by atoms with Gasteiger partial charge in [0.25, 0.3) is 0 Å². The minimum Gasteiger partial charge on any atom is -0.493 e. The van der Waals surface area contributed by atoms with Crippen LogP contribution in [0, 0.1) is 0 Å². The number of carbonyl (C=O) groups is 1. The van der Waals surface area contributed by atoms with Gasteiger partial charge in [0, 0.05) is 11.3 Å². The van der Waals surface area contributed by atoms with Crippen LogP contribution in [-0.4, -0.2) is 36.3 Å². The molecule has 0 bridgehead atoms. The Kier molecular flexibility index (Phi) is 6.35. The Morgan fingerprint density at radius 2 is 1.91 bits per heavy atom. The first-order chi connectivity index (χ1) is 15.6. The first kappa shape index (κ1) is 21.7. The number of aromatic nitrogens is 2. The average Bonchev–Trinajstić information content (AvgIpc) is 3.18. The summed E-state index contributed by atoms with van der Waals surface area (Å²) in [5.41, 5.74) is 3.80. The van der Waals surface area contributed by atoms with E-state index in [0.29, 0.717) is 35.3 Å². The molecule has 1 aromatic heterocycles. The molecule has 7 nitrogen and oxygen atoms in total. The van der Waals surface area contributed by atoms with Crippen molar-refractivity contribution in [3.05, 3.63) is 59.3 Å². The first-order valence-corrected chi connectivity index (χ1v) is 10.9. The highest BCUT2D eigenvalue weighted by Crippen LogP contribution is 2.45. The number of allylic oxidation sites excluding steroid dienone is 1. The summed E-state index contributed by atoms with van der Waals surface area (Å²) in [7, 11) is 3.21. The number of nitrogens with zero attached hydrogens (tertiary/aromatic N) is 2. The average molecular weight is 436 g/mol. The predicted molar refractivity (Wildman–Crippen MR) is 124 cm³/mol. The fourth-order valence-electron chi connectivity index (χ4n) is 4.24. The molecule has 1 aliphatic rings. The van der Waals surface area contributed by atoms with Crippen LogP contribution in [0.25, 0.3) is 11.0 Å². The van der Waals surface area contributed by atoms with E-state index in [-0.39, 0.29) is 5.97 Å². The molecule has 1 atom stereocenters. The van der Waals surface area contributed by atoms with Crippen LogP contribution in [0.5, 0.6) is 11.5 Å². The van der Waals surface area contributed by atoms with E-state index in [9.17, 15) is 4.79 Å². The molecule has 0 spiro atoms. The Balaban J connectivity index is 1.89. The Labute approximate surface area is 188 Å². The van der Waals surface area contributed by atoms with Crippen molar-refractivity contribution in [3.63, 3.8) is 0 Å². The fourth-order valence-corrected chi connectivity index (χ4v) is 4.24. The zero-order valence-electron chi connectivity index (χ0n) is 19.0. The van der Waals surface area contributed by atoms with Crippen LogP contribution in [0.4, 0.5) is 5.95 Å². The Morgan fingerprint density at radius 3 is 2.66 bits per heavy atom. The molecule has 0 aliphatic carbocycles. The number of para-hydroxylation sites is 3. The molecule has 1 aliphatic heterocycles. The van der Waals surface area contributed by atoms with Crippen LogP contribution in [0.2, 0.25) is 0 Å². The molecule has 32 heavy (non-hydrogen) atoms. The first-order valence-electron chi connectivity index (χ1n) is 10.9. The van der Waals surface area contributed by atoms with Gasteiger partial charge in [-0.15, -0.1) is 0 Å². The van der Waals surface area contributed by atoms with Crippen LogP contribution in [-0.2, 0) is 9.53 Å². The van der Waals surface area contributed by atoms with Gasteiger partial charge >= 0.3 is 5.97 Å². The number of nitrogens with one attached hydrogen (secondary N) is 1. The van der Waals surface area contributed by atoms with Crippen molar-refractivity contribution in [2.45, 2.75) is 39.2 Å². The van der Waals surface area contributed by atoms with Crippen molar-refractivity contribution < 1.29 is 19.0 Å². The third kappa shape index (κ3) is 3.79. The highest BCUT2D eigenvalue weighted by molar-refractivity contribution is 5.94. The van der Waals surface area contributed by atoms with E-state index in [4.69, 9.17) is 19.2 Å². The number of carbonyl (C=O) groups excluding carboxylic acids is 1. The van der Waals surface area contributed by atoms with Crippen LogP contribution >= 0.6 is 0 Å². The number of hydrogen-bond acceptors (Lipinski definition) is 6. The smallest absolute Gasteiger partial charge is 0.338 e. The van der Waals surface area contributed by atoms with E-state index < -0.39 is 6.04 Å². The minimum absolute atomic E-state index is 0.343. The van der Waals surface area contributed by atoms with Crippen LogP contribution < -0.4 is 14.8 Å². The Morgan fingerprint density at radius 1 is 1.09 bits per heavy atom. The molecule has 2 heterocycles. The number of esters is 1. The number of benzene rings is 2. The van der Waals surface area contributed by atoms with Gasteiger partial charge < -0.3 is 19.5 Å². The fraction of sp³-hybridized carbons (Fsp3) is 0.360. The maximum Gasteiger partial charge on any atom is 0.338 e. The standard InChI is InChI=1S/C25H29N3O4/c1-5-6-9-15-32-24(29)21-16(2)26-25-27-18-12-7-8-13-19(18)28(25)22(21)17-11-10-14-20(30-3)23(17)31-4/h7-8,10-14,22H,5-6,9,15H2,1-4H3,(H,26,27)/t22-/m0/s1. The predicted octanol–water partition coefficient (Wildman–Crippen LogP) is 5.08. The third-order valence-corrected chi connectivity index (χ3v) is 5.76. The van der Waals surface area contributed by atoms with Gasteiger partial charge in [0.05, 0.1) is 43.5 Å². The summed E-state index contributed by atoms with van der Waals surface area (Å²) in [5, 5.41) is 3.31. The van der Waals surface area contributed by atoms with Gasteiger partial charge in [-0.3, -0.25) is 4.57 Å². The van der Waals surface area contributed by atoms with Crippen molar-refractivity contribution >= 4 is 23.0 Å². The number of unbranched alkanes of at least 4 members (excludes halogenated alkanes) is 2. The molecule has 0 unspecified atom stereocenters. The van der Waals surface area contributed by atoms with Crippen molar-refractivity contribution in [3.8, 4) is 11.5 Å². The van der Waals surface area contributed by atoms with Gasteiger partial charge in [-0.25, -0.2) is 9.78 Å². The largest absolute Gasteiger partial charge is 0.493 e. The summed E-state index contributed by atoms with van der Waals surface area (Å²) in [6.07, 6.45) is 2.93. The van der Waals surface area contributed by atoms with E-state index in [1.54, 1.807) is 14.2 Å². The summed E-state index contributed by atoms with van der Waals surface area (Å²) in [5.74, 6) is 1.50. The van der Waals surface area contributed by atoms with E-state index in [0.717, 1.165) is 35.9 Å². The number of methoxy groups -OCH3 is 2. The third-order valence-electron chi connectivity index (χ3n) is 5.76. The molecular weight excluding hydrogens is 406 g/mol. The molecule has 7 heteroatoms. The molecule has 0 saturated heterocycles. The maximum atomic E-state index is 13.4. The second-order valence-electron chi connectivity index (χ2n) is 7.79. The van der Waals surface area contributed by atoms with E-state index >= 15 is 0 Å². The Hall–Kier alpha value is -3.48. The summed E-state index contributed by atoms with van der Waals surface area (Å²) >= 11 is 0. The zero-order valence-corrected chi connectivity index (χ0v) is 19.0. The number of fused-ring (bicyclic) bond motifs is 3. The van der Waals surface area contributed by atoms with E-state index in [1.807, 2.05) is 54.0 Å². The zero-order chi connectivity index (χ0) is 22.7. The molecule has 4 rings (SSSR count). The number of ether oxygens (including phenoxy) is 3. The number of anilines is 1. The molecule has 2 aromatic carbocycles. The van der Waals surface area contributed by atoms with Crippen molar-refractivity contribution in [2.24, 2.45) is 0 Å². The lowest BCUT2D eigenvalue weighted by molar-refractivity contribution is -0.139. The summed E-state index contributed by atoms with van der Waals surface area (Å²) in [6.45, 7) is 4.39. The van der Waals surface area contributed by atoms with Crippen LogP contribution in [0.1, 0.15) is 44.7 Å². The topological polar surface area (TPSA) is 74.6 Å². The number of hydrogen-bond donors (Lipinski definition) is 1. The van der Waals surface area contributed by atoms with Crippen LogP contribution in [0.3, 0.4) is 0 Å². The van der Waals surface area contributed by atoms with E-state index in [2.05, 4.69) is 12.2 Å². The monoisotopic (exact) mass is 435 g/mol. The lowest BCUT2D eigenvalue weighted by Gasteiger charge is -2.31. The van der Waals surface area contributed by atoms with Gasteiger partial charge in [0.2, 0.25) is 5.95 Å². The molecule has 0 radical (unpaired) electrons. The molecular formula is C25H29N3O4. The number of imidazole rings is 1. The molecule has 168 valence electrons. The highest BCUT2D eigenvalue weighted by atomic mass is 16.5. The normalized spacial score (nSPS) is 15.3. The molecule has 1 N–H and O–H groups in total. The van der Waals surface area contributed by atoms with Gasteiger partial charge in [-0.2, -0.15) is 0 Å². The van der Waals surface area contributed by atoms with Gasteiger partial charge in [-0.1, -0.05) is 44.0 Å². The summed E-state index contributed by atoms with van der Waals surface area (Å²) < 4.78 is 19.0. The molecule has 0 saturated carbocycles. The van der Waals surface area contributed by atoms with Crippen LogP contribution in [0.15, 0.2) is 53.7 Å². The van der Waals surface area contributed by atoms with Crippen molar-refractivity contribution in [1.29, 1.82) is 0 Å². The minimum atomic E-state index is -0.484. The number of rotatable bonds is 8. The van der Waals surface area contributed by atoms with Gasteiger partial charge in [-0.05, 0) is 31.5 Å². The highest BCUT2D eigenvalue weighted by Gasteiger charge is 2.37. The van der Waals surface area contributed by atoms with Crippen molar-refractivity contribution in [1.82, 2.24) is 9.55 Å². The SMILES string of the molecule is CCCCCOC(=O)C1=C(C)Nc2nc3ccccc3n2[C@H]1c1cccc(OC)c1OC. The molecule has 0 amide bonds.